The SMILES string of the molecule is CC(O)[N+](CC(O)COc1ccc(N)cc1N)(C(C)O)C(C)O. The van der Waals surface area contributed by atoms with Gasteiger partial charge < -0.3 is 36.6 Å². The molecule has 8 nitrogen and oxygen atoms in total. The van der Waals surface area contributed by atoms with E-state index in [0.29, 0.717) is 17.1 Å². The third kappa shape index (κ3) is 4.46. The Hall–Kier alpha value is -1.58. The summed E-state index contributed by atoms with van der Waals surface area (Å²) < 4.78 is 4.97. The minimum absolute atomic E-state index is 0.0954. The zero-order chi connectivity index (χ0) is 17.8. The van der Waals surface area contributed by atoms with Gasteiger partial charge in [0.1, 0.15) is 25.0 Å². The number of ether oxygens (including phenoxy) is 1. The molecular formula is C15H28N3O5+. The monoisotopic (exact) mass is 330 g/mol. The van der Waals surface area contributed by atoms with E-state index >= 15 is 0 Å². The first kappa shape index (κ1) is 19.5. The first-order valence-corrected chi connectivity index (χ1v) is 7.48. The van der Waals surface area contributed by atoms with Gasteiger partial charge in [-0.3, -0.25) is 0 Å². The summed E-state index contributed by atoms with van der Waals surface area (Å²) >= 11 is 0. The van der Waals surface area contributed by atoms with E-state index in [1.807, 2.05) is 0 Å². The maximum Gasteiger partial charge on any atom is 0.191 e. The highest BCUT2D eigenvalue weighted by Crippen LogP contribution is 2.25. The summed E-state index contributed by atoms with van der Waals surface area (Å²) in [5.74, 6) is 0.377. The smallest absolute Gasteiger partial charge is 0.191 e. The number of nitrogens with zero attached hydrogens (tertiary/aromatic N) is 1. The molecule has 0 radical (unpaired) electrons. The van der Waals surface area contributed by atoms with Crippen LogP contribution in [-0.2, 0) is 0 Å². The van der Waals surface area contributed by atoms with E-state index in [1.54, 1.807) is 18.2 Å². The molecule has 1 aromatic carbocycles. The lowest BCUT2D eigenvalue weighted by atomic mass is 10.2. The molecule has 1 aromatic rings. The van der Waals surface area contributed by atoms with E-state index in [0.717, 1.165) is 0 Å². The Morgan fingerprint density at radius 2 is 1.52 bits per heavy atom. The van der Waals surface area contributed by atoms with Gasteiger partial charge in [0, 0.05) is 26.5 Å². The van der Waals surface area contributed by atoms with Gasteiger partial charge in [-0.25, -0.2) is 4.48 Å². The molecule has 0 spiro atoms. The van der Waals surface area contributed by atoms with Gasteiger partial charge in [-0.15, -0.1) is 0 Å². The zero-order valence-corrected chi connectivity index (χ0v) is 13.8. The van der Waals surface area contributed by atoms with E-state index in [2.05, 4.69) is 0 Å². The number of rotatable bonds is 8. The van der Waals surface area contributed by atoms with Crippen molar-refractivity contribution in [2.75, 3.05) is 24.6 Å². The predicted octanol–water partition coefficient (Wildman–Crippen LogP) is -0.578. The summed E-state index contributed by atoms with van der Waals surface area (Å²) in [7, 11) is 0. The molecule has 0 aromatic heterocycles. The number of aliphatic hydroxyl groups is 4. The van der Waals surface area contributed by atoms with Crippen LogP contribution in [-0.4, -0.2) is 62.8 Å². The minimum atomic E-state index is -1.08. The summed E-state index contributed by atoms with van der Waals surface area (Å²) in [6, 6.07) is 4.76. The molecule has 0 fully saturated rings. The molecule has 4 atom stereocenters. The zero-order valence-electron chi connectivity index (χ0n) is 13.8. The Morgan fingerprint density at radius 1 is 1.00 bits per heavy atom. The van der Waals surface area contributed by atoms with E-state index in [9.17, 15) is 20.4 Å². The molecule has 0 aliphatic carbocycles. The Bertz CT molecular complexity index is 486. The standard InChI is InChI=1S/C15H28N3O5/c1-9(19)18(10(2)20,11(3)21)7-13(22)8-23-15-5-4-12(16)6-14(15)17/h4-6,9-11,13,19-22H,7-8,16-17H2,1-3H3/q+1. The number of hydrogen-bond acceptors (Lipinski definition) is 7. The van der Waals surface area contributed by atoms with Gasteiger partial charge in [0.2, 0.25) is 0 Å². The summed E-state index contributed by atoms with van der Waals surface area (Å²) in [6.45, 7) is 4.14. The van der Waals surface area contributed by atoms with Crippen LogP contribution in [0.2, 0.25) is 0 Å². The molecule has 4 unspecified atom stereocenters. The van der Waals surface area contributed by atoms with Crippen molar-refractivity contribution in [1.82, 2.24) is 0 Å². The highest BCUT2D eigenvalue weighted by Gasteiger charge is 2.44. The highest BCUT2D eigenvalue weighted by molar-refractivity contribution is 5.60. The number of hydrogen-bond donors (Lipinski definition) is 6. The molecule has 0 aliphatic rings. The number of quaternary nitrogens is 1. The lowest BCUT2D eigenvalue weighted by Gasteiger charge is -2.46. The van der Waals surface area contributed by atoms with Crippen LogP contribution in [0.1, 0.15) is 20.8 Å². The van der Waals surface area contributed by atoms with Crippen LogP contribution < -0.4 is 16.2 Å². The Balaban J connectivity index is 2.78. The number of anilines is 2. The molecule has 0 saturated heterocycles. The summed E-state index contributed by atoms with van der Waals surface area (Å²) in [5, 5.41) is 40.1. The number of aliphatic hydroxyl groups excluding tert-OH is 4. The van der Waals surface area contributed by atoms with Gasteiger partial charge in [0.15, 0.2) is 18.7 Å². The third-order valence-corrected chi connectivity index (χ3v) is 4.08. The largest absolute Gasteiger partial charge is 0.488 e. The minimum Gasteiger partial charge on any atom is -0.488 e. The van der Waals surface area contributed by atoms with Gasteiger partial charge in [0.05, 0.1) is 5.69 Å². The molecule has 0 amide bonds. The van der Waals surface area contributed by atoms with Crippen LogP contribution >= 0.6 is 0 Å². The molecule has 1 rings (SSSR count). The maximum absolute atomic E-state index is 10.2. The van der Waals surface area contributed by atoms with Gasteiger partial charge in [0.25, 0.3) is 0 Å². The van der Waals surface area contributed by atoms with Crippen molar-refractivity contribution in [3.05, 3.63) is 18.2 Å². The Morgan fingerprint density at radius 3 is 1.96 bits per heavy atom. The summed E-state index contributed by atoms with van der Waals surface area (Å²) in [5.41, 5.74) is 12.2. The van der Waals surface area contributed by atoms with Crippen LogP contribution in [0.3, 0.4) is 0 Å². The van der Waals surface area contributed by atoms with E-state index in [4.69, 9.17) is 16.2 Å². The van der Waals surface area contributed by atoms with Gasteiger partial charge in [-0.1, -0.05) is 0 Å². The van der Waals surface area contributed by atoms with Crippen molar-refractivity contribution in [2.24, 2.45) is 0 Å². The molecule has 0 saturated carbocycles. The lowest BCUT2D eigenvalue weighted by molar-refractivity contribution is -1.04. The highest BCUT2D eigenvalue weighted by atomic mass is 16.5. The number of nitrogen functional groups attached to an aromatic ring is 2. The van der Waals surface area contributed by atoms with Crippen molar-refractivity contribution in [1.29, 1.82) is 0 Å². The fraction of sp³-hybridized carbons (Fsp3) is 0.600. The number of benzene rings is 1. The lowest BCUT2D eigenvalue weighted by Crippen LogP contribution is -2.67. The summed E-state index contributed by atoms with van der Waals surface area (Å²) in [6.07, 6.45) is -4.27. The van der Waals surface area contributed by atoms with Crippen molar-refractivity contribution < 1.29 is 29.6 Å². The molecule has 132 valence electrons. The van der Waals surface area contributed by atoms with Crippen LogP contribution in [0.15, 0.2) is 18.2 Å². The first-order valence-electron chi connectivity index (χ1n) is 7.48. The third-order valence-electron chi connectivity index (χ3n) is 4.08. The van der Waals surface area contributed by atoms with Gasteiger partial charge in [-0.2, -0.15) is 0 Å². The molecule has 8 heteroatoms. The van der Waals surface area contributed by atoms with E-state index in [1.165, 1.54) is 20.8 Å². The topological polar surface area (TPSA) is 142 Å². The molecule has 0 bridgehead atoms. The molecule has 0 aliphatic heterocycles. The molecular weight excluding hydrogens is 302 g/mol. The van der Waals surface area contributed by atoms with Gasteiger partial charge in [-0.05, 0) is 18.2 Å². The Kier molecular flexibility index (Phi) is 6.60. The predicted molar refractivity (Wildman–Crippen MR) is 86.9 cm³/mol. The van der Waals surface area contributed by atoms with Crippen molar-refractivity contribution in [3.8, 4) is 5.75 Å². The quantitative estimate of drug-likeness (QED) is 0.213. The number of nitrogens with two attached hydrogens (primary N) is 2. The molecule has 0 heterocycles. The molecule has 8 N–H and O–H groups in total. The van der Waals surface area contributed by atoms with Crippen LogP contribution in [0, 0.1) is 0 Å². The second-order valence-corrected chi connectivity index (χ2v) is 5.84. The van der Waals surface area contributed by atoms with E-state index < -0.39 is 29.3 Å². The van der Waals surface area contributed by atoms with Crippen molar-refractivity contribution in [3.63, 3.8) is 0 Å². The van der Waals surface area contributed by atoms with Gasteiger partial charge >= 0.3 is 0 Å². The van der Waals surface area contributed by atoms with Crippen molar-refractivity contribution >= 4 is 11.4 Å². The maximum atomic E-state index is 10.2. The van der Waals surface area contributed by atoms with E-state index in [-0.39, 0.29) is 13.2 Å². The van der Waals surface area contributed by atoms with Crippen molar-refractivity contribution in [2.45, 2.75) is 45.6 Å². The fourth-order valence-corrected chi connectivity index (χ4v) is 2.70. The van der Waals surface area contributed by atoms with Crippen LogP contribution in [0.25, 0.3) is 0 Å². The van der Waals surface area contributed by atoms with Crippen LogP contribution in [0.4, 0.5) is 11.4 Å². The first-order chi connectivity index (χ1) is 10.6. The summed E-state index contributed by atoms with van der Waals surface area (Å²) in [4.78, 5) is 0. The fourth-order valence-electron chi connectivity index (χ4n) is 2.70. The average molecular weight is 330 g/mol. The second kappa shape index (κ2) is 7.80. The Labute approximate surface area is 136 Å². The van der Waals surface area contributed by atoms with Crippen LogP contribution in [0.5, 0.6) is 5.75 Å². The molecule has 23 heavy (non-hydrogen) atoms. The normalized spacial score (nSPS) is 19.4. The second-order valence-electron chi connectivity index (χ2n) is 5.84. The average Bonchev–Trinajstić information content (AvgIpc) is 2.42.